The molecule has 4 N–H and O–H groups in total. The van der Waals surface area contributed by atoms with Crippen LogP contribution in [0.15, 0.2) is 24.3 Å². The van der Waals surface area contributed by atoms with Gasteiger partial charge in [-0.2, -0.15) is 0 Å². The topological polar surface area (TPSA) is 106 Å². The Bertz CT molecular complexity index is 932. The summed E-state index contributed by atoms with van der Waals surface area (Å²) < 4.78 is 2.09. The van der Waals surface area contributed by atoms with Gasteiger partial charge in [-0.1, -0.05) is 32.0 Å². The molecule has 1 amide bonds. The number of amides is 1. The number of pyridine rings is 1. The summed E-state index contributed by atoms with van der Waals surface area (Å²) in [7, 11) is 0. The van der Waals surface area contributed by atoms with Crippen LogP contribution in [-0.4, -0.2) is 38.7 Å². The minimum absolute atomic E-state index is 0.0126. The van der Waals surface area contributed by atoms with Gasteiger partial charge < -0.3 is 20.7 Å². The fourth-order valence-electron chi connectivity index (χ4n) is 3.09. The van der Waals surface area contributed by atoms with Crippen LogP contribution in [0.1, 0.15) is 26.1 Å². The van der Waals surface area contributed by atoms with E-state index >= 15 is 0 Å². The molecule has 0 saturated heterocycles. The predicted molar refractivity (Wildman–Crippen MR) is 103 cm³/mol. The number of aliphatic hydroxyl groups is 1. The van der Waals surface area contributed by atoms with Crippen LogP contribution in [0.2, 0.25) is 0 Å². The van der Waals surface area contributed by atoms with Crippen LogP contribution in [0.25, 0.3) is 21.9 Å². The van der Waals surface area contributed by atoms with Crippen LogP contribution in [0, 0.1) is 5.92 Å². The van der Waals surface area contributed by atoms with E-state index in [0.717, 1.165) is 28.7 Å². The molecular weight excluding hydrogens is 330 g/mol. The van der Waals surface area contributed by atoms with Crippen molar-refractivity contribution in [1.29, 1.82) is 0 Å². The minimum Gasteiger partial charge on any atom is -0.396 e. The molecule has 0 unspecified atom stereocenters. The Hall–Kier alpha value is -2.67. The zero-order valence-electron chi connectivity index (χ0n) is 15.2. The summed E-state index contributed by atoms with van der Waals surface area (Å²) in [6.45, 7) is 5.03. The fraction of sp³-hybridized carbons (Fsp3) is 0.421. The quantitative estimate of drug-likeness (QED) is 0.561. The number of aromatic nitrogens is 3. The van der Waals surface area contributed by atoms with E-state index < -0.39 is 0 Å². The van der Waals surface area contributed by atoms with Gasteiger partial charge in [-0.3, -0.25) is 4.79 Å². The van der Waals surface area contributed by atoms with Crippen LogP contribution >= 0.6 is 0 Å². The summed E-state index contributed by atoms with van der Waals surface area (Å²) in [4.78, 5) is 20.8. The molecule has 0 fully saturated rings. The van der Waals surface area contributed by atoms with Gasteiger partial charge in [0.15, 0.2) is 5.82 Å². The van der Waals surface area contributed by atoms with E-state index in [-0.39, 0.29) is 18.4 Å². The summed E-state index contributed by atoms with van der Waals surface area (Å²) in [5.41, 5.74) is 8.55. The molecule has 2 aromatic heterocycles. The van der Waals surface area contributed by atoms with Crippen LogP contribution in [0.4, 0.5) is 5.82 Å². The average Bonchev–Trinajstić information content (AvgIpc) is 2.98. The molecule has 3 rings (SSSR count). The summed E-state index contributed by atoms with van der Waals surface area (Å²) in [6.07, 6.45) is 1.21. The highest BCUT2D eigenvalue weighted by molar-refractivity contribution is 6.06. The number of nitrogen functional groups attached to an aromatic ring is 1. The number of aliphatic hydroxyl groups excluding tert-OH is 1. The number of aryl methyl sites for hydroxylation is 1. The Labute approximate surface area is 152 Å². The largest absolute Gasteiger partial charge is 0.396 e. The molecule has 3 aromatic rings. The molecule has 0 saturated carbocycles. The summed E-state index contributed by atoms with van der Waals surface area (Å²) >= 11 is 0. The van der Waals surface area contributed by atoms with E-state index in [2.05, 4.69) is 19.9 Å². The van der Waals surface area contributed by atoms with Gasteiger partial charge in [0.2, 0.25) is 5.91 Å². The number of hydrogen-bond donors (Lipinski definition) is 3. The molecular formula is C19H25N5O2. The summed E-state index contributed by atoms with van der Waals surface area (Å²) in [5, 5.41) is 13.3. The van der Waals surface area contributed by atoms with E-state index in [0.29, 0.717) is 30.8 Å². The molecule has 0 radical (unpaired) electrons. The van der Waals surface area contributed by atoms with Crippen LogP contribution < -0.4 is 11.1 Å². The first-order chi connectivity index (χ1) is 12.5. The molecule has 0 aliphatic carbocycles. The first kappa shape index (κ1) is 18.1. The molecule has 1 aromatic carbocycles. The Kier molecular flexibility index (Phi) is 5.37. The highest BCUT2D eigenvalue weighted by Crippen LogP contribution is 2.29. The molecule has 7 nitrogen and oxygen atoms in total. The molecule has 26 heavy (non-hydrogen) atoms. The lowest BCUT2D eigenvalue weighted by molar-refractivity contribution is -0.123. The number of anilines is 1. The number of nitrogens with one attached hydrogen (secondary N) is 1. The number of carbonyl (C=O) groups excluding carboxylic acids is 1. The van der Waals surface area contributed by atoms with Gasteiger partial charge in [0.25, 0.3) is 0 Å². The van der Waals surface area contributed by atoms with Crippen LogP contribution in [-0.2, 0) is 17.8 Å². The first-order valence-corrected chi connectivity index (χ1v) is 8.94. The maximum absolute atomic E-state index is 11.7. The van der Waals surface area contributed by atoms with E-state index in [9.17, 15) is 9.90 Å². The van der Waals surface area contributed by atoms with Crippen LogP contribution in [0.3, 0.4) is 0 Å². The molecule has 0 aliphatic heterocycles. The second-order valence-electron chi connectivity index (χ2n) is 6.66. The maximum Gasteiger partial charge on any atom is 0.222 e. The second-order valence-corrected chi connectivity index (χ2v) is 6.66. The first-order valence-electron chi connectivity index (χ1n) is 8.94. The Balaban J connectivity index is 1.96. The minimum atomic E-state index is -0.0242. The normalized spacial score (nSPS) is 11.5. The van der Waals surface area contributed by atoms with Gasteiger partial charge in [-0.25, -0.2) is 9.97 Å². The van der Waals surface area contributed by atoms with Crippen molar-refractivity contribution in [2.24, 2.45) is 5.92 Å². The fourth-order valence-corrected chi connectivity index (χ4v) is 3.09. The van der Waals surface area contributed by atoms with Crippen molar-refractivity contribution in [3.63, 3.8) is 0 Å². The highest BCUT2D eigenvalue weighted by Gasteiger charge is 2.17. The van der Waals surface area contributed by atoms with Crippen molar-refractivity contribution in [3.8, 4) is 0 Å². The standard InChI is InChI=1S/C19H25N5O2/c1-12(2)19(26)21-9-5-10-24-15(8-11-25)23-16-17(24)13-6-3-4-7-14(13)22-18(16)20/h3-4,6-7,12,25H,5,8-11H2,1-2H3,(H2,20,22)(H,21,26). The van der Waals surface area contributed by atoms with Crippen molar-refractivity contribution in [2.75, 3.05) is 18.9 Å². The molecule has 0 bridgehead atoms. The Morgan fingerprint density at radius 2 is 2.08 bits per heavy atom. The van der Waals surface area contributed by atoms with Crippen molar-refractivity contribution in [1.82, 2.24) is 19.9 Å². The number of nitrogens with two attached hydrogens (primary N) is 1. The highest BCUT2D eigenvalue weighted by atomic mass is 16.3. The second kappa shape index (κ2) is 7.70. The number of para-hydroxylation sites is 1. The zero-order valence-corrected chi connectivity index (χ0v) is 15.2. The van der Waals surface area contributed by atoms with Gasteiger partial charge in [0.05, 0.1) is 17.6 Å². The van der Waals surface area contributed by atoms with Gasteiger partial charge in [0.1, 0.15) is 11.3 Å². The summed E-state index contributed by atoms with van der Waals surface area (Å²) in [5.74, 6) is 1.20. The Morgan fingerprint density at radius 3 is 2.81 bits per heavy atom. The molecule has 0 aliphatic rings. The predicted octanol–water partition coefficient (Wildman–Crippen LogP) is 1.86. The third-order valence-electron chi connectivity index (χ3n) is 4.41. The van der Waals surface area contributed by atoms with E-state index in [1.54, 1.807) is 0 Å². The number of rotatable bonds is 7. The molecule has 0 spiro atoms. The van der Waals surface area contributed by atoms with Gasteiger partial charge >= 0.3 is 0 Å². The Morgan fingerprint density at radius 1 is 1.31 bits per heavy atom. The van der Waals surface area contributed by atoms with Crippen molar-refractivity contribution in [2.45, 2.75) is 33.2 Å². The maximum atomic E-state index is 11.7. The lowest BCUT2D eigenvalue weighted by Crippen LogP contribution is -2.29. The monoisotopic (exact) mass is 355 g/mol. The van der Waals surface area contributed by atoms with Gasteiger partial charge in [0, 0.05) is 30.8 Å². The lowest BCUT2D eigenvalue weighted by atomic mass is 10.2. The van der Waals surface area contributed by atoms with Crippen LogP contribution in [0.5, 0.6) is 0 Å². The SMILES string of the molecule is CC(C)C(=O)NCCCn1c(CCO)nc2c(N)nc3ccccc3c21. The molecule has 0 atom stereocenters. The number of fused-ring (bicyclic) bond motifs is 3. The van der Waals surface area contributed by atoms with Crippen molar-refractivity contribution >= 4 is 33.7 Å². The van der Waals surface area contributed by atoms with E-state index in [1.807, 2.05) is 38.1 Å². The lowest BCUT2D eigenvalue weighted by Gasteiger charge is -2.12. The number of benzene rings is 1. The number of nitrogens with zero attached hydrogens (tertiary/aromatic N) is 3. The third kappa shape index (κ3) is 3.48. The number of imidazole rings is 1. The summed E-state index contributed by atoms with van der Waals surface area (Å²) in [6, 6.07) is 7.82. The van der Waals surface area contributed by atoms with E-state index in [1.165, 1.54) is 0 Å². The molecule has 2 heterocycles. The molecule has 138 valence electrons. The number of carbonyl (C=O) groups is 1. The van der Waals surface area contributed by atoms with Crippen molar-refractivity contribution < 1.29 is 9.90 Å². The average molecular weight is 355 g/mol. The van der Waals surface area contributed by atoms with Gasteiger partial charge in [-0.05, 0) is 12.5 Å². The number of hydrogen-bond acceptors (Lipinski definition) is 5. The zero-order chi connectivity index (χ0) is 18.7. The van der Waals surface area contributed by atoms with Gasteiger partial charge in [-0.15, -0.1) is 0 Å². The molecule has 7 heteroatoms. The van der Waals surface area contributed by atoms with E-state index in [4.69, 9.17) is 5.73 Å². The third-order valence-corrected chi connectivity index (χ3v) is 4.41. The smallest absolute Gasteiger partial charge is 0.222 e. The van der Waals surface area contributed by atoms with Crippen molar-refractivity contribution in [3.05, 3.63) is 30.1 Å².